The predicted molar refractivity (Wildman–Crippen MR) is 94.0 cm³/mol. The van der Waals surface area contributed by atoms with E-state index in [1.165, 1.54) is 0 Å². The molecule has 0 saturated carbocycles. The predicted octanol–water partition coefficient (Wildman–Crippen LogP) is 2.59. The molecule has 126 valence electrons. The third-order valence-corrected chi connectivity index (χ3v) is 4.39. The van der Waals surface area contributed by atoms with E-state index in [-0.39, 0.29) is 17.9 Å². The second-order valence-corrected chi connectivity index (χ2v) is 6.10. The topological polar surface area (TPSA) is 73.2 Å². The first kappa shape index (κ1) is 16.7. The molecule has 3 rings (SSSR count). The summed E-state index contributed by atoms with van der Waals surface area (Å²) in [5, 5.41) is 11.9. The average Bonchev–Trinajstić information content (AvgIpc) is 2.68. The van der Waals surface area contributed by atoms with Crippen molar-refractivity contribution in [1.29, 1.82) is 5.26 Å². The van der Waals surface area contributed by atoms with Crippen molar-refractivity contribution in [1.82, 2.24) is 10.2 Å². The van der Waals surface area contributed by atoms with Crippen LogP contribution < -0.4 is 5.32 Å². The maximum Gasteiger partial charge on any atom is 0.253 e. The summed E-state index contributed by atoms with van der Waals surface area (Å²) in [4.78, 5) is 26.6. The van der Waals surface area contributed by atoms with Crippen LogP contribution in [-0.4, -0.2) is 35.8 Å². The van der Waals surface area contributed by atoms with E-state index in [2.05, 4.69) is 5.32 Å². The first-order valence-corrected chi connectivity index (χ1v) is 8.33. The summed E-state index contributed by atoms with van der Waals surface area (Å²) in [6.45, 7) is 1.24. The Bertz CT molecular complexity index is 803. The lowest BCUT2D eigenvalue weighted by molar-refractivity contribution is 0.0698. The van der Waals surface area contributed by atoms with E-state index in [1.54, 1.807) is 24.3 Å². The highest BCUT2D eigenvalue weighted by molar-refractivity contribution is 5.95. The van der Waals surface area contributed by atoms with Crippen LogP contribution >= 0.6 is 0 Å². The number of hydrogen-bond acceptors (Lipinski definition) is 3. The number of likely N-dealkylation sites (tertiary alicyclic amines) is 1. The molecule has 0 unspecified atom stereocenters. The van der Waals surface area contributed by atoms with Crippen molar-refractivity contribution < 1.29 is 9.59 Å². The molecule has 0 aromatic heterocycles. The molecule has 1 N–H and O–H groups in total. The third kappa shape index (κ3) is 4.04. The summed E-state index contributed by atoms with van der Waals surface area (Å²) in [7, 11) is 0. The van der Waals surface area contributed by atoms with Gasteiger partial charge in [0.25, 0.3) is 11.8 Å². The standard InChI is InChI=1S/C20H19N3O2/c21-14-15-5-4-8-17(13-15)19(24)22-18-9-11-23(12-10-18)20(25)16-6-2-1-3-7-16/h1-8,13,18H,9-12H2,(H,22,24). The molecule has 25 heavy (non-hydrogen) atoms. The molecule has 5 nitrogen and oxygen atoms in total. The van der Waals surface area contributed by atoms with Crippen molar-refractivity contribution in [3.05, 3.63) is 71.3 Å². The molecular weight excluding hydrogens is 314 g/mol. The van der Waals surface area contributed by atoms with Crippen LogP contribution in [0.2, 0.25) is 0 Å². The molecule has 1 heterocycles. The number of benzene rings is 2. The third-order valence-electron chi connectivity index (χ3n) is 4.39. The zero-order valence-corrected chi connectivity index (χ0v) is 13.8. The second kappa shape index (κ2) is 7.63. The minimum Gasteiger partial charge on any atom is -0.349 e. The Morgan fingerprint density at radius 3 is 2.36 bits per heavy atom. The van der Waals surface area contributed by atoms with Gasteiger partial charge in [-0.1, -0.05) is 24.3 Å². The summed E-state index contributed by atoms with van der Waals surface area (Å²) >= 11 is 0. The number of rotatable bonds is 3. The van der Waals surface area contributed by atoms with Gasteiger partial charge in [0.05, 0.1) is 11.6 Å². The highest BCUT2D eigenvalue weighted by Gasteiger charge is 2.24. The molecule has 1 aliphatic rings. The number of nitriles is 1. The molecule has 0 atom stereocenters. The van der Waals surface area contributed by atoms with E-state index in [0.29, 0.717) is 29.8 Å². The Hall–Kier alpha value is -3.13. The molecule has 0 radical (unpaired) electrons. The molecule has 0 aliphatic carbocycles. The first-order chi connectivity index (χ1) is 12.2. The number of carbonyl (C=O) groups excluding carboxylic acids is 2. The van der Waals surface area contributed by atoms with Crippen LogP contribution in [0.4, 0.5) is 0 Å². The highest BCUT2D eigenvalue weighted by Crippen LogP contribution is 2.15. The van der Waals surface area contributed by atoms with E-state index in [9.17, 15) is 9.59 Å². The summed E-state index contributed by atoms with van der Waals surface area (Å²) < 4.78 is 0. The largest absolute Gasteiger partial charge is 0.349 e. The quantitative estimate of drug-likeness (QED) is 0.938. The van der Waals surface area contributed by atoms with Crippen LogP contribution in [0.3, 0.4) is 0 Å². The normalized spacial score (nSPS) is 14.6. The molecular formula is C20H19N3O2. The zero-order valence-electron chi connectivity index (χ0n) is 13.8. The second-order valence-electron chi connectivity index (χ2n) is 6.10. The van der Waals surface area contributed by atoms with Gasteiger partial charge in [-0.15, -0.1) is 0 Å². The summed E-state index contributed by atoms with van der Waals surface area (Å²) in [5.41, 5.74) is 1.65. The molecule has 0 bridgehead atoms. The van der Waals surface area contributed by atoms with Gasteiger partial charge >= 0.3 is 0 Å². The highest BCUT2D eigenvalue weighted by atomic mass is 16.2. The van der Waals surface area contributed by atoms with E-state index in [0.717, 1.165) is 12.8 Å². The van der Waals surface area contributed by atoms with Gasteiger partial charge < -0.3 is 10.2 Å². The van der Waals surface area contributed by atoms with Gasteiger partial charge in [-0.25, -0.2) is 0 Å². The maximum atomic E-state index is 12.4. The molecule has 2 aromatic carbocycles. The Labute approximate surface area is 146 Å². The number of hydrogen-bond donors (Lipinski definition) is 1. The van der Waals surface area contributed by atoms with Gasteiger partial charge in [0.2, 0.25) is 0 Å². The Balaban J connectivity index is 1.55. The molecule has 2 aromatic rings. The van der Waals surface area contributed by atoms with E-state index < -0.39 is 0 Å². The zero-order chi connectivity index (χ0) is 17.6. The summed E-state index contributed by atoms with van der Waals surface area (Å²) in [6.07, 6.45) is 1.45. The van der Waals surface area contributed by atoms with Crippen molar-refractivity contribution in [2.24, 2.45) is 0 Å². The summed E-state index contributed by atoms with van der Waals surface area (Å²) in [6, 6.07) is 18.0. The molecule has 1 saturated heterocycles. The molecule has 0 spiro atoms. The molecule has 5 heteroatoms. The number of carbonyl (C=O) groups is 2. The fraction of sp³-hybridized carbons (Fsp3) is 0.250. The number of amides is 2. The van der Waals surface area contributed by atoms with Gasteiger partial charge in [-0.05, 0) is 43.2 Å². The fourth-order valence-electron chi connectivity index (χ4n) is 2.99. The summed E-state index contributed by atoms with van der Waals surface area (Å²) in [5.74, 6) is -0.142. The van der Waals surface area contributed by atoms with E-state index in [1.807, 2.05) is 41.3 Å². The lowest BCUT2D eigenvalue weighted by Gasteiger charge is -2.32. The average molecular weight is 333 g/mol. The smallest absolute Gasteiger partial charge is 0.253 e. The lowest BCUT2D eigenvalue weighted by Crippen LogP contribution is -2.46. The van der Waals surface area contributed by atoms with Gasteiger partial charge in [0.1, 0.15) is 0 Å². The molecule has 1 fully saturated rings. The SMILES string of the molecule is N#Cc1cccc(C(=O)NC2CCN(C(=O)c3ccccc3)CC2)c1. The van der Waals surface area contributed by atoms with E-state index in [4.69, 9.17) is 5.26 Å². The van der Waals surface area contributed by atoms with Crippen LogP contribution in [0.25, 0.3) is 0 Å². The first-order valence-electron chi connectivity index (χ1n) is 8.33. The number of piperidine rings is 1. The van der Waals surface area contributed by atoms with Crippen LogP contribution in [0.5, 0.6) is 0 Å². The Morgan fingerprint density at radius 2 is 1.68 bits per heavy atom. The molecule has 1 aliphatic heterocycles. The van der Waals surface area contributed by atoms with Crippen molar-refractivity contribution in [2.45, 2.75) is 18.9 Å². The van der Waals surface area contributed by atoms with E-state index >= 15 is 0 Å². The Kier molecular flexibility index (Phi) is 5.10. The van der Waals surface area contributed by atoms with Gasteiger partial charge in [-0.3, -0.25) is 9.59 Å². The van der Waals surface area contributed by atoms with Crippen LogP contribution in [-0.2, 0) is 0 Å². The van der Waals surface area contributed by atoms with Gasteiger partial charge in [-0.2, -0.15) is 5.26 Å². The van der Waals surface area contributed by atoms with Crippen LogP contribution in [0.15, 0.2) is 54.6 Å². The van der Waals surface area contributed by atoms with Gasteiger partial charge in [0, 0.05) is 30.3 Å². The van der Waals surface area contributed by atoms with Crippen LogP contribution in [0, 0.1) is 11.3 Å². The van der Waals surface area contributed by atoms with Gasteiger partial charge in [0.15, 0.2) is 0 Å². The lowest BCUT2D eigenvalue weighted by atomic mass is 10.0. The Morgan fingerprint density at radius 1 is 1.00 bits per heavy atom. The molecule has 2 amide bonds. The van der Waals surface area contributed by atoms with Crippen LogP contribution in [0.1, 0.15) is 39.1 Å². The maximum absolute atomic E-state index is 12.4. The minimum atomic E-state index is -0.176. The number of nitrogens with one attached hydrogen (secondary N) is 1. The fourth-order valence-corrected chi connectivity index (χ4v) is 2.99. The van der Waals surface area contributed by atoms with Crippen molar-refractivity contribution in [2.75, 3.05) is 13.1 Å². The monoisotopic (exact) mass is 333 g/mol. The number of nitrogens with zero attached hydrogens (tertiary/aromatic N) is 2. The minimum absolute atomic E-state index is 0.0343. The van der Waals surface area contributed by atoms with Crippen molar-refractivity contribution in [3.8, 4) is 6.07 Å². The van der Waals surface area contributed by atoms with Crippen molar-refractivity contribution in [3.63, 3.8) is 0 Å². The van der Waals surface area contributed by atoms with Crippen molar-refractivity contribution >= 4 is 11.8 Å².